The average Bonchev–Trinajstić information content (AvgIpc) is 2.81. The molecule has 0 atom stereocenters. The second-order valence-electron chi connectivity index (χ2n) is 4.41. The SMILES string of the molecule is COc1cc(F)cc(C2(N=C=O)CCCC2)c1Br. The van der Waals surface area contributed by atoms with Crippen molar-refractivity contribution < 1.29 is 13.9 Å². The Kier molecular flexibility index (Phi) is 3.83. The highest BCUT2D eigenvalue weighted by Crippen LogP contribution is 2.47. The first-order chi connectivity index (χ1) is 8.63. The lowest BCUT2D eigenvalue weighted by atomic mass is 9.88. The van der Waals surface area contributed by atoms with Gasteiger partial charge in [-0.3, -0.25) is 0 Å². The number of isocyanates is 1. The van der Waals surface area contributed by atoms with Crippen molar-refractivity contribution in [2.45, 2.75) is 31.2 Å². The van der Waals surface area contributed by atoms with Gasteiger partial charge in [-0.15, -0.1) is 0 Å². The molecule has 1 aliphatic rings. The summed E-state index contributed by atoms with van der Waals surface area (Å²) in [4.78, 5) is 14.6. The van der Waals surface area contributed by atoms with E-state index in [1.54, 1.807) is 6.08 Å². The van der Waals surface area contributed by atoms with E-state index in [-0.39, 0.29) is 0 Å². The van der Waals surface area contributed by atoms with Crippen molar-refractivity contribution in [3.8, 4) is 5.75 Å². The first-order valence-electron chi connectivity index (χ1n) is 5.75. The van der Waals surface area contributed by atoms with Gasteiger partial charge in [-0.05, 0) is 34.8 Å². The highest BCUT2D eigenvalue weighted by Gasteiger charge is 2.38. The predicted molar refractivity (Wildman–Crippen MR) is 68.9 cm³/mol. The molecule has 1 aromatic rings. The Morgan fingerprint density at radius 1 is 1.44 bits per heavy atom. The lowest BCUT2D eigenvalue weighted by molar-refractivity contribution is 0.399. The van der Waals surface area contributed by atoms with Gasteiger partial charge in [0, 0.05) is 11.6 Å². The molecule has 0 aromatic heterocycles. The molecule has 0 saturated heterocycles. The van der Waals surface area contributed by atoms with Gasteiger partial charge in [0.25, 0.3) is 0 Å². The Bertz CT molecular complexity index is 506. The van der Waals surface area contributed by atoms with Gasteiger partial charge in [0.2, 0.25) is 6.08 Å². The van der Waals surface area contributed by atoms with Crippen LogP contribution in [-0.4, -0.2) is 13.2 Å². The molecular formula is C13H13BrFNO2. The normalized spacial score (nSPS) is 17.3. The summed E-state index contributed by atoms with van der Waals surface area (Å²) in [5.41, 5.74) is 0.0101. The molecule has 96 valence electrons. The van der Waals surface area contributed by atoms with Crippen molar-refractivity contribution in [1.82, 2.24) is 0 Å². The van der Waals surface area contributed by atoms with E-state index in [1.807, 2.05) is 0 Å². The van der Waals surface area contributed by atoms with Gasteiger partial charge in [0.15, 0.2) is 0 Å². The van der Waals surface area contributed by atoms with Crippen molar-refractivity contribution >= 4 is 22.0 Å². The molecule has 0 spiro atoms. The van der Waals surface area contributed by atoms with Crippen LogP contribution < -0.4 is 4.74 Å². The van der Waals surface area contributed by atoms with Gasteiger partial charge >= 0.3 is 0 Å². The number of rotatable bonds is 3. The maximum atomic E-state index is 13.6. The Hall–Kier alpha value is -1.19. The number of carbonyl (C=O) groups excluding carboxylic acids is 1. The molecule has 0 unspecified atom stereocenters. The standard InChI is InChI=1S/C13H13BrFNO2/c1-18-11-7-9(15)6-10(12(11)14)13(16-8-17)4-2-3-5-13/h6-7H,2-5H2,1H3. The van der Waals surface area contributed by atoms with E-state index >= 15 is 0 Å². The lowest BCUT2D eigenvalue weighted by Crippen LogP contribution is -2.20. The Labute approximate surface area is 113 Å². The molecule has 0 heterocycles. The Morgan fingerprint density at radius 3 is 2.67 bits per heavy atom. The molecule has 5 heteroatoms. The molecule has 1 fully saturated rings. The summed E-state index contributed by atoms with van der Waals surface area (Å²) < 4.78 is 19.4. The zero-order chi connectivity index (χ0) is 13.2. The summed E-state index contributed by atoms with van der Waals surface area (Å²) in [6.45, 7) is 0. The molecule has 3 nitrogen and oxygen atoms in total. The number of methoxy groups -OCH3 is 1. The van der Waals surface area contributed by atoms with E-state index in [0.29, 0.717) is 15.8 Å². The monoisotopic (exact) mass is 313 g/mol. The summed E-state index contributed by atoms with van der Waals surface area (Å²) in [5, 5.41) is 0. The molecule has 0 amide bonds. The average molecular weight is 314 g/mol. The fourth-order valence-corrected chi connectivity index (χ4v) is 3.30. The third-order valence-electron chi connectivity index (χ3n) is 3.42. The first-order valence-corrected chi connectivity index (χ1v) is 6.55. The summed E-state index contributed by atoms with van der Waals surface area (Å²) >= 11 is 3.41. The zero-order valence-corrected chi connectivity index (χ0v) is 11.6. The number of aliphatic imine (C=N–C) groups is 1. The molecule has 0 bridgehead atoms. The van der Waals surface area contributed by atoms with E-state index in [2.05, 4.69) is 20.9 Å². The third-order valence-corrected chi connectivity index (χ3v) is 4.23. The number of ether oxygens (including phenoxy) is 1. The fraction of sp³-hybridized carbons (Fsp3) is 0.462. The zero-order valence-electron chi connectivity index (χ0n) is 10.0. The van der Waals surface area contributed by atoms with E-state index in [1.165, 1.54) is 19.2 Å². The second-order valence-corrected chi connectivity index (χ2v) is 5.20. The van der Waals surface area contributed by atoms with E-state index in [0.717, 1.165) is 25.7 Å². The quantitative estimate of drug-likeness (QED) is 0.630. The van der Waals surface area contributed by atoms with Crippen molar-refractivity contribution in [3.63, 3.8) is 0 Å². The lowest BCUT2D eigenvalue weighted by Gasteiger charge is -2.25. The van der Waals surface area contributed by atoms with Crippen LogP contribution in [0.4, 0.5) is 4.39 Å². The van der Waals surface area contributed by atoms with Crippen LogP contribution in [-0.2, 0) is 10.3 Å². The minimum atomic E-state index is -0.657. The third kappa shape index (κ3) is 2.20. The predicted octanol–water partition coefficient (Wildman–Crippen LogP) is 3.70. The van der Waals surface area contributed by atoms with Crippen molar-refractivity contribution in [3.05, 3.63) is 28.0 Å². The summed E-state index contributed by atoms with van der Waals surface area (Å²) in [7, 11) is 1.48. The Balaban J connectivity index is 2.61. The van der Waals surface area contributed by atoms with E-state index in [4.69, 9.17) is 4.74 Å². The van der Waals surface area contributed by atoms with Crippen LogP contribution in [0.25, 0.3) is 0 Å². The molecule has 1 saturated carbocycles. The van der Waals surface area contributed by atoms with Gasteiger partial charge in [0.05, 0.1) is 17.1 Å². The molecular weight excluding hydrogens is 301 g/mol. The molecule has 0 aliphatic heterocycles. The van der Waals surface area contributed by atoms with Crippen LogP contribution in [0.5, 0.6) is 5.75 Å². The van der Waals surface area contributed by atoms with Gasteiger partial charge in [-0.2, -0.15) is 4.99 Å². The number of hydrogen-bond donors (Lipinski definition) is 0. The van der Waals surface area contributed by atoms with Crippen molar-refractivity contribution in [1.29, 1.82) is 0 Å². The molecule has 0 radical (unpaired) electrons. The second kappa shape index (κ2) is 5.21. The van der Waals surface area contributed by atoms with Gasteiger partial charge in [-0.1, -0.05) is 12.8 Å². The maximum Gasteiger partial charge on any atom is 0.235 e. The van der Waals surface area contributed by atoms with Crippen LogP contribution in [0, 0.1) is 5.82 Å². The molecule has 2 rings (SSSR count). The van der Waals surface area contributed by atoms with Gasteiger partial charge in [-0.25, -0.2) is 9.18 Å². The molecule has 18 heavy (non-hydrogen) atoms. The maximum absolute atomic E-state index is 13.6. The summed E-state index contributed by atoms with van der Waals surface area (Å²) in [6.07, 6.45) is 5.02. The minimum Gasteiger partial charge on any atom is -0.495 e. The Morgan fingerprint density at radius 2 is 2.11 bits per heavy atom. The van der Waals surface area contributed by atoms with Crippen molar-refractivity contribution in [2.24, 2.45) is 4.99 Å². The fourth-order valence-electron chi connectivity index (χ4n) is 2.54. The highest BCUT2D eigenvalue weighted by atomic mass is 79.9. The molecule has 1 aliphatic carbocycles. The topological polar surface area (TPSA) is 38.7 Å². The first kappa shape index (κ1) is 13.2. The number of hydrogen-bond acceptors (Lipinski definition) is 3. The largest absolute Gasteiger partial charge is 0.495 e. The highest BCUT2D eigenvalue weighted by molar-refractivity contribution is 9.10. The van der Waals surface area contributed by atoms with Crippen LogP contribution >= 0.6 is 15.9 Å². The van der Waals surface area contributed by atoms with Crippen molar-refractivity contribution in [2.75, 3.05) is 7.11 Å². The number of benzene rings is 1. The minimum absolute atomic E-state index is 0.391. The van der Waals surface area contributed by atoms with Gasteiger partial charge in [0.1, 0.15) is 11.6 Å². The summed E-state index contributed by atoms with van der Waals surface area (Å²) in [5.74, 6) is 0.0230. The smallest absolute Gasteiger partial charge is 0.235 e. The van der Waals surface area contributed by atoms with Crippen LogP contribution in [0.2, 0.25) is 0 Å². The van der Waals surface area contributed by atoms with Crippen LogP contribution in [0.3, 0.4) is 0 Å². The molecule has 1 aromatic carbocycles. The van der Waals surface area contributed by atoms with Crippen LogP contribution in [0.1, 0.15) is 31.2 Å². The van der Waals surface area contributed by atoms with Gasteiger partial charge < -0.3 is 4.74 Å². The summed E-state index contributed by atoms with van der Waals surface area (Å²) in [6, 6.07) is 2.72. The number of halogens is 2. The number of nitrogens with zero attached hydrogens (tertiary/aromatic N) is 1. The van der Waals surface area contributed by atoms with Crippen LogP contribution in [0.15, 0.2) is 21.6 Å². The van der Waals surface area contributed by atoms with E-state index in [9.17, 15) is 9.18 Å². The van der Waals surface area contributed by atoms with E-state index < -0.39 is 11.4 Å². The molecule has 0 N–H and O–H groups in total.